The standard InChI is InChI=1S/C22H16BrN3O3S/c1-2-5-16-24-25-22(30-16)26-18(12-8-10-13(23)11-9-12)17-19(27)14-6-3-4-7-15(14)29-20(17)21(26)28/h3-4,6-11,18H,2,5H2,1H3. The Morgan fingerprint density at radius 1 is 1.10 bits per heavy atom. The van der Waals surface area contributed by atoms with Gasteiger partial charge in [-0.3, -0.25) is 14.5 Å². The van der Waals surface area contributed by atoms with E-state index in [1.807, 2.05) is 24.3 Å². The monoisotopic (exact) mass is 481 g/mol. The lowest BCUT2D eigenvalue weighted by Gasteiger charge is -2.22. The first-order chi connectivity index (χ1) is 14.6. The number of nitrogens with zero attached hydrogens (tertiary/aromatic N) is 3. The Balaban J connectivity index is 1.76. The van der Waals surface area contributed by atoms with Crippen molar-refractivity contribution in [1.29, 1.82) is 0 Å². The normalized spacial score (nSPS) is 15.7. The molecule has 0 radical (unpaired) electrons. The average molecular weight is 482 g/mol. The van der Waals surface area contributed by atoms with Crippen molar-refractivity contribution in [3.8, 4) is 0 Å². The number of carbonyl (C=O) groups excluding carboxylic acids is 1. The van der Waals surface area contributed by atoms with E-state index in [2.05, 4.69) is 33.1 Å². The molecular weight excluding hydrogens is 466 g/mol. The molecular formula is C22H16BrN3O3S. The molecule has 1 aliphatic rings. The number of rotatable bonds is 4. The van der Waals surface area contributed by atoms with Crippen LogP contribution in [0.1, 0.15) is 46.1 Å². The Hall–Kier alpha value is -2.84. The predicted octanol–water partition coefficient (Wildman–Crippen LogP) is 5.11. The number of hydrogen-bond acceptors (Lipinski definition) is 6. The van der Waals surface area contributed by atoms with Crippen LogP contribution in [-0.4, -0.2) is 16.1 Å². The van der Waals surface area contributed by atoms with E-state index < -0.39 is 6.04 Å². The van der Waals surface area contributed by atoms with E-state index in [-0.39, 0.29) is 17.1 Å². The van der Waals surface area contributed by atoms with Gasteiger partial charge in [0.05, 0.1) is 17.0 Å². The molecule has 1 amide bonds. The van der Waals surface area contributed by atoms with Gasteiger partial charge in [0.25, 0.3) is 5.91 Å². The van der Waals surface area contributed by atoms with E-state index in [1.54, 1.807) is 24.3 Å². The Morgan fingerprint density at radius 3 is 2.63 bits per heavy atom. The number of para-hydroxylation sites is 1. The quantitative estimate of drug-likeness (QED) is 0.404. The summed E-state index contributed by atoms with van der Waals surface area (Å²) in [7, 11) is 0. The van der Waals surface area contributed by atoms with Gasteiger partial charge in [-0.2, -0.15) is 0 Å². The van der Waals surface area contributed by atoms with Crippen molar-refractivity contribution in [2.45, 2.75) is 25.8 Å². The third kappa shape index (κ3) is 2.98. The molecule has 5 rings (SSSR count). The number of amides is 1. The fourth-order valence-corrected chi connectivity index (χ4v) is 4.97. The molecule has 2 aromatic carbocycles. The van der Waals surface area contributed by atoms with Gasteiger partial charge >= 0.3 is 0 Å². The number of aryl methyl sites for hydroxylation is 1. The van der Waals surface area contributed by atoms with Crippen LogP contribution < -0.4 is 10.3 Å². The summed E-state index contributed by atoms with van der Waals surface area (Å²) < 4.78 is 6.85. The Morgan fingerprint density at radius 2 is 1.87 bits per heavy atom. The second kappa shape index (κ2) is 7.45. The van der Waals surface area contributed by atoms with Crippen LogP contribution in [0, 0.1) is 0 Å². The molecule has 1 aliphatic heterocycles. The SMILES string of the molecule is CCCc1nnc(N2C(=O)c3oc4ccccc4c(=O)c3C2c2ccc(Br)cc2)s1. The van der Waals surface area contributed by atoms with Gasteiger partial charge < -0.3 is 4.42 Å². The zero-order chi connectivity index (χ0) is 20.8. The van der Waals surface area contributed by atoms with Crippen LogP contribution in [0.2, 0.25) is 0 Å². The lowest BCUT2D eigenvalue weighted by Crippen LogP contribution is -2.29. The molecule has 2 aromatic heterocycles. The van der Waals surface area contributed by atoms with Crippen molar-refractivity contribution in [3.05, 3.63) is 85.1 Å². The van der Waals surface area contributed by atoms with E-state index in [0.717, 1.165) is 27.9 Å². The largest absolute Gasteiger partial charge is 0.450 e. The summed E-state index contributed by atoms with van der Waals surface area (Å²) in [6.45, 7) is 2.07. The molecule has 1 atom stereocenters. The molecule has 150 valence electrons. The van der Waals surface area contributed by atoms with Crippen molar-refractivity contribution in [2.24, 2.45) is 0 Å². The number of carbonyl (C=O) groups is 1. The first-order valence-electron chi connectivity index (χ1n) is 9.55. The van der Waals surface area contributed by atoms with Gasteiger partial charge in [0, 0.05) is 10.9 Å². The average Bonchev–Trinajstić information content (AvgIpc) is 3.32. The van der Waals surface area contributed by atoms with Gasteiger partial charge in [-0.15, -0.1) is 10.2 Å². The third-order valence-electron chi connectivity index (χ3n) is 5.09. The molecule has 0 fully saturated rings. The van der Waals surface area contributed by atoms with Crippen molar-refractivity contribution in [3.63, 3.8) is 0 Å². The zero-order valence-corrected chi connectivity index (χ0v) is 18.4. The number of fused-ring (bicyclic) bond motifs is 2. The summed E-state index contributed by atoms with van der Waals surface area (Å²) in [4.78, 5) is 28.4. The highest BCUT2D eigenvalue weighted by Gasteiger charge is 2.45. The first-order valence-corrected chi connectivity index (χ1v) is 11.2. The van der Waals surface area contributed by atoms with Gasteiger partial charge in [0.15, 0.2) is 5.43 Å². The Bertz CT molecular complexity index is 1330. The van der Waals surface area contributed by atoms with Gasteiger partial charge in [0.1, 0.15) is 10.6 Å². The maximum absolute atomic E-state index is 13.4. The maximum atomic E-state index is 13.4. The van der Waals surface area contributed by atoms with Crippen LogP contribution >= 0.6 is 27.3 Å². The summed E-state index contributed by atoms with van der Waals surface area (Å²) >= 11 is 4.81. The lowest BCUT2D eigenvalue weighted by molar-refractivity contribution is 0.0970. The number of hydrogen-bond donors (Lipinski definition) is 0. The lowest BCUT2D eigenvalue weighted by atomic mass is 9.99. The van der Waals surface area contributed by atoms with Crippen LogP contribution in [0.5, 0.6) is 0 Å². The smallest absolute Gasteiger partial charge is 0.297 e. The Labute approximate surface area is 184 Å². The molecule has 8 heteroatoms. The second-order valence-corrected chi connectivity index (χ2v) is 8.98. The summed E-state index contributed by atoms with van der Waals surface area (Å²) in [6.07, 6.45) is 1.72. The number of halogens is 1. The van der Waals surface area contributed by atoms with E-state index in [0.29, 0.717) is 21.7 Å². The van der Waals surface area contributed by atoms with Crippen molar-refractivity contribution < 1.29 is 9.21 Å². The molecule has 0 spiro atoms. The molecule has 1 unspecified atom stereocenters. The highest BCUT2D eigenvalue weighted by Crippen LogP contribution is 2.42. The minimum absolute atomic E-state index is 0.0684. The summed E-state index contributed by atoms with van der Waals surface area (Å²) in [5, 5.41) is 10.3. The van der Waals surface area contributed by atoms with Crippen LogP contribution in [-0.2, 0) is 6.42 Å². The van der Waals surface area contributed by atoms with Crippen molar-refractivity contribution in [2.75, 3.05) is 4.90 Å². The molecule has 4 aromatic rings. The molecule has 0 N–H and O–H groups in total. The van der Waals surface area contributed by atoms with Crippen LogP contribution in [0.25, 0.3) is 11.0 Å². The summed E-state index contributed by atoms with van der Waals surface area (Å²) in [5.74, 6) is -0.307. The van der Waals surface area contributed by atoms with Gasteiger partial charge in [0.2, 0.25) is 10.9 Å². The van der Waals surface area contributed by atoms with Crippen LogP contribution in [0.4, 0.5) is 5.13 Å². The van der Waals surface area contributed by atoms with Crippen molar-refractivity contribution in [1.82, 2.24) is 10.2 Å². The van der Waals surface area contributed by atoms with Crippen molar-refractivity contribution >= 4 is 49.3 Å². The molecule has 0 saturated heterocycles. The molecule has 30 heavy (non-hydrogen) atoms. The van der Waals surface area contributed by atoms with E-state index in [1.165, 1.54) is 16.2 Å². The minimum atomic E-state index is -0.621. The third-order valence-corrected chi connectivity index (χ3v) is 6.60. The molecule has 0 bridgehead atoms. The van der Waals surface area contributed by atoms with Gasteiger partial charge in [-0.1, -0.05) is 58.5 Å². The van der Waals surface area contributed by atoms with E-state index in [4.69, 9.17) is 4.42 Å². The first kappa shape index (κ1) is 19.1. The zero-order valence-electron chi connectivity index (χ0n) is 16.0. The fraction of sp³-hybridized carbons (Fsp3) is 0.182. The van der Waals surface area contributed by atoms with Gasteiger partial charge in [-0.25, -0.2) is 0 Å². The van der Waals surface area contributed by atoms with Gasteiger partial charge in [-0.05, 0) is 36.2 Å². The number of anilines is 1. The summed E-state index contributed by atoms with van der Waals surface area (Å²) in [5.41, 5.74) is 1.34. The molecule has 6 nitrogen and oxygen atoms in total. The fourth-order valence-electron chi connectivity index (χ4n) is 3.73. The van der Waals surface area contributed by atoms with E-state index >= 15 is 0 Å². The summed E-state index contributed by atoms with van der Waals surface area (Å²) in [6, 6.07) is 13.9. The molecule has 3 heterocycles. The highest BCUT2D eigenvalue weighted by atomic mass is 79.9. The topological polar surface area (TPSA) is 76.3 Å². The maximum Gasteiger partial charge on any atom is 0.297 e. The number of benzene rings is 2. The minimum Gasteiger partial charge on any atom is -0.450 e. The van der Waals surface area contributed by atoms with Crippen LogP contribution in [0.15, 0.2) is 62.2 Å². The highest BCUT2D eigenvalue weighted by molar-refractivity contribution is 9.10. The number of aromatic nitrogens is 2. The molecule has 0 saturated carbocycles. The predicted molar refractivity (Wildman–Crippen MR) is 119 cm³/mol. The van der Waals surface area contributed by atoms with Crippen LogP contribution in [0.3, 0.4) is 0 Å². The molecule has 0 aliphatic carbocycles. The Kier molecular flexibility index (Phi) is 4.75. The van der Waals surface area contributed by atoms with E-state index in [9.17, 15) is 9.59 Å². The second-order valence-electron chi connectivity index (χ2n) is 7.03.